The quantitative estimate of drug-likeness (QED) is 0.753. The van der Waals surface area contributed by atoms with Crippen LogP contribution in [0.1, 0.15) is 9.68 Å². The summed E-state index contributed by atoms with van der Waals surface area (Å²) in [6, 6.07) is 16.5. The third-order valence-electron chi connectivity index (χ3n) is 1.95. The second kappa shape index (κ2) is 3.97. The molecule has 0 bridgehead atoms. The van der Waals surface area contributed by atoms with Gasteiger partial charge in [0.1, 0.15) is 0 Å². The third-order valence-corrected chi connectivity index (χ3v) is 1.95. The van der Waals surface area contributed by atoms with Crippen LogP contribution in [0.25, 0.3) is 0 Å². The van der Waals surface area contributed by atoms with Gasteiger partial charge >= 0.3 is 0 Å². The first-order valence-electron chi connectivity index (χ1n) is 5.98. The minimum Gasteiger partial charge on any atom is -0.356 e. The van der Waals surface area contributed by atoms with Gasteiger partial charge in [-0.25, -0.2) is 0 Å². The second-order valence-corrected chi connectivity index (χ2v) is 3.07. The summed E-state index contributed by atoms with van der Waals surface area (Å²) in [5, 5.41) is 3.20. The average Bonchev–Trinajstić information content (AvgIpc) is 2.30. The Kier molecular flexibility index (Phi) is 1.66. The van der Waals surface area contributed by atoms with E-state index in [4.69, 9.17) is 4.11 Å². The van der Waals surface area contributed by atoms with Crippen LogP contribution in [0.5, 0.6) is 0 Å². The summed E-state index contributed by atoms with van der Waals surface area (Å²) in [7, 11) is 0. The zero-order chi connectivity index (χ0) is 12.3. The molecule has 0 aliphatic rings. The van der Waals surface area contributed by atoms with E-state index in [2.05, 4.69) is 5.32 Å². The molecular formula is C13H13N. The van der Waals surface area contributed by atoms with Crippen molar-refractivity contribution < 1.29 is 4.11 Å². The van der Waals surface area contributed by atoms with Crippen molar-refractivity contribution in [3.63, 3.8) is 0 Å². The molecule has 1 heteroatoms. The highest BCUT2D eigenvalue weighted by Crippen LogP contribution is 2.15. The van der Waals surface area contributed by atoms with Crippen molar-refractivity contribution in [2.24, 2.45) is 0 Å². The Balaban J connectivity index is 2.14. The van der Waals surface area contributed by atoms with Crippen LogP contribution in [-0.4, -0.2) is 0 Å². The zero-order valence-electron chi connectivity index (χ0n) is 10.7. The van der Waals surface area contributed by atoms with Crippen molar-refractivity contribution in [2.75, 3.05) is 5.32 Å². The Labute approximate surface area is 88.6 Å². The molecule has 2 aromatic carbocycles. The van der Waals surface area contributed by atoms with E-state index in [0.29, 0.717) is 5.56 Å². The van der Waals surface area contributed by atoms with Crippen LogP contribution < -0.4 is 5.32 Å². The molecule has 0 heterocycles. The Morgan fingerprint density at radius 3 is 2.14 bits per heavy atom. The fraction of sp³-hybridized carbons (Fsp3) is 0.0769. The number of para-hydroxylation sites is 1. The van der Waals surface area contributed by atoms with Crippen molar-refractivity contribution in [1.82, 2.24) is 0 Å². The van der Waals surface area contributed by atoms with Gasteiger partial charge in [0, 0.05) is 15.5 Å². The number of benzene rings is 2. The lowest BCUT2D eigenvalue weighted by molar-refractivity contribution is 1.45. The van der Waals surface area contributed by atoms with Crippen LogP contribution in [0.4, 0.5) is 11.4 Å². The largest absolute Gasteiger partial charge is 0.356 e. The molecule has 0 aromatic heterocycles. The topological polar surface area (TPSA) is 12.0 Å². The standard InChI is InChI=1S/C13H13N/c1-11-7-9-13(10-8-11)14-12-5-3-2-4-6-12/h2-10,14H,1H3/i1D3. The van der Waals surface area contributed by atoms with Gasteiger partial charge in [-0.2, -0.15) is 0 Å². The predicted octanol–water partition coefficient (Wildman–Crippen LogP) is 3.74. The molecule has 0 saturated heterocycles. The maximum atomic E-state index is 7.28. The summed E-state index contributed by atoms with van der Waals surface area (Å²) in [5.74, 6) is 0. The Hall–Kier alpha value is -1.76. The van der Waals surface area contributed by atoms with Crippen molar-refractivity contribution in [1.29, 1.82) is 0 Å². The molecule has 0 atom stereocenters. The van der Waals surface area contributed by atoms with E-state index in [0.717, 1.165) is 11.4 Å². The van der Waals surface area contributed by atoms with Gasteiger partial charge in [-0.1, -0.05) is 35.9 Å². The lowest BCUT2D eigenvalue weighted by Gasteiger charge is -2.05. The fourth-order valence-corrected chi connectivity index (χ4v) is 1.24. The van der Waals surface area contributed by atoms with Crippen LogP contribution >= 0.6 is 0 Å². The zero-order valence-corrected chi connectivity index (χ0v) is 7.70. The van der Waals surface area contributed by atoms with Gasteiger partial charge in [-0.05, 0) is 31.1 Å². The molecule has 0 fully saturated rings. The smallest absolute Gasteiger partial charge is 0.0384 e. The molecule has 0 unspecified atom stereocenters. The highest BCUT2D eigenvalue weighted by atomic mass is 14.9. The van der Waals surface area contributed by atoms with Crippen molar-refractivity contribution >= 4 is 11.4 Å². The van der Waals surface area contributed by atoms with E-state index in [9.17, 15) is 0 Å². The van der Waals surface area contributed by atoms with Crippen molar-refractivity contribution in [3.05, 3.63) is 60.2 Å². The molecule has 0 radical (unpaired) electrons. The van der Waals surface area contributed by atoms with Gasteiger partial charge < -0.3 is 5.32 Å². The van der Waals surface area contributed by atoms with Crippen LogP contribution in [0.2, 0.25) is 0 Å². The van der Waals surface area contributed by atoms with E-state index in [1.54, 1.807) is 24.3 Å². The fourth-order valence-electron chi connectivity index (χ4n) is 1.24. The molecular weight excluding hydrogens is 170 g/mol. The molecule has 0 aliphatic heterocycles. The summed E-state index contributed by atoms with van der Waals surface area (Å²) < 4.78 is 21.8. The van der Waals surface area contributed by atoms with Gasteiger partial charge in [-0.3, -0.25) is 0 Å². The highest BCUT2D eigenvalue weighted by Gasteiger charge is 1.91. The summed E-state index contributed by atoms with van der Waals surface area (Å²) in [4.78, 5) is 0. The molecule has 0 aliphatic carbocycles. The predicted molar refractivity (Wildman–Crippen MR) is 60.9 cm³/mol. The average molecular weight is 186 g/mol. The number of aryl methyl sites for hydroxylation is 1. The van der Waals surface area contributed by atoms with E-state index < -0.39 is 6.85 Å². The summed E-state index contributed by atoms with van der Waals surface area (Å²) in [5.41, 5.74) is 2.22. The number of anilines is 2. The van der Waals surface area contributed by atoms with Gasteiger partial charge in [0.2, 0.25) is 0 Å². The minimum absolute atomic E-state index is 0.358. The summed E-state index contributed by atoms with van der Waals surface area (Å²) >= 11 is 0. The van der Waals surface area contributed by atoms with Gasteiger partial charge in [-0.15, -0.1) is 0 Å². The van der Waals surface area contributed by atoms with Gasteiger partial charge in [0.05, 0.1) is 0 Å². The normalized spacial score (nSPS) is 13.9. The first-order valence-corrected chi connectivity index (χ1v) is 4.48. The maximum Gasteiger partial charge on any atom is 0.0384 e. The second-order valence-electron chi connectivity index (χ2n) is 3.07. The van der Waals surface area contributed by atoms with Crippen molar-refractivity contribution in [3.8, 4) is 0 Å². The third kappa shape index (κ3) is 2.13. The maximum absolute atomic E-state index is 7.28. The number of hydrogen-bond donors (Lipinski definition) is 1. The molecule has 2 aromatic rings. The Bertz CT molecular complexity index is 474. The molecule has 2 rings (SSSR count). The number of rotatable bonds is 2. The van der Waals surface area contributed by atoms with E-state index in [1.807, 2.05) is 30.3 Å². The SMILES string of the molecule is [2H]C([2H])([2H])c1ccc(Nc2ccccc2)cc1. The molecule has 70 valence electrons. The molecule has 14 heavy (non-hydrogen) atoms. The Morgan fingerprint density at radius 2 is 1.50 bits per heavy atom. The molecule has 1 nitrogen and oxygen atoms in total. The van der Waals surface area contributed by atoms with Crippen LogP contribution in [-0.2, 0) is 0 Å². The monoisotopic (exact) mass is 186 g/mol. The molecule has 0 amide bonds. The Morgan fingerprint density at radius 1 is 0.857 bits per heavy atom. The van der Waals surface area contributed by atoms with E-state index in [-0.39, 0.29) is 0 Å². The number of hydrogen-bond acceptors (Lipinski definition) is 1. The van der Waals surface area contributed by atoms with E-state index >= 15 is 0 Å². The lowest BCUT2D eigenvalue weighted by Crippen LogP contribution is -1.88. The van der Waals surface area contributed by atoms with Gasteiger partial charge in [0.25, 0.3) is 0 Å². The molecule has 0 saturated carbocycles. The van der Waals surface area contributed by atoms with Gasteiger partial charge in [0.15, 0.2) is 0 Å². The van der Waals surface area contributed by atoms with Crippen molar-refractivity contribution in [2.45, 2.75) is 6.85 Å². The first-order chi connectivity index (χ1) is 8.05. The minimum atomic E-state index is -2.04. The molecule has 0 spiro atoms. The summed E-state index contributed by atoms with van der Waals surface area (Å²) in [6.07, 6.45) is 0. The lowest BCUT2D eigenvalue weighted by atomic mass is 10.2. The van der Waals surface area contributed by atoms with Crippen LogP contribution in [0, 0.1) is 6.85 Å². The number of nitrogens with one attached hydrogen (secondary N) is 1. The van der Waals surface area contributed by atoms with Crippen LogP contribution in [0.3, 0.4) is 0 Å². The first kappa shape index (κ1) is 5.86. The van der Waals surface area contributed by atoms with Crippen LogP contribution in [0.15, 0.2) is 54.6 Å². The molecule has 1 N–H and O–H groups in total. The van der Waals surface area contributed by atoms with E-state index in [1.165, 1.54) is 0 Å². The summed E-state index contributed by atoms with van der Waals surface area (Å²) in [6.45, 7) is -2.04. The highest BCUT2D eigenvalue weighted by molar-refractivity contribution is 5.59.